The van der Waals surface area contributed by atoms with E-state index in [4.69, 9.17) is 35.3 Å². The molecule has 5 rings (SSSR count). The molecule has 1 saturated carbocycles. The van der Waals surface area contributed by atoms with Crippen molar-refractivity contribution < 1.29 is 28.5 Å². The number of carbonyl (C=O) groups is 1. The Morgan fingerprint density at radius 1 is 0.778 bits per heavy atom. The van der Waals surface area contributed by atoms with E-state index in [-0.39, 0.29) is 24.9 Å². The third-order valence-corrected chi connectivity index (χ3v) is 8.75. The van der Waals surface area contributed by atoms with Crippen molar-refractivity contribution >= 4 is 17.4 Å². The van der Waals surface area contributed by atoms with Crippen LogP contribution in [0.4, 0.5) is 0 Å². The summed E-state index contributed by atoms with van der Waals surface area (Å²) in [5, 5.41) is 0.681. The maximum absolute atomic E-state index is 14.5. The number of carbonyl (C=O) groups excluding carboxylic acids is 1. The topological polar surface area (TPSA) is 63.2 Å². The summed E-state index contributed by atoms with van der Waals surface area (Å²) in [6.45, 7) is 3.41. The molecule has 0 heterocycles. The minimum atomic E-state index is -1.08. The molecule has 2 atom stereocenters. The number of hydrogen-bond donors (Lipinski definition) is 0. The van der Waals surface area contributed by atoms with E-state index in [1.54, 1.807) is 14.2 Å². The molecule has 0 bridgehead atoms. The SMILES string of the molecule is CCOc1ccc(Cc2cc(C3CCCC(COCc4ccc(OC)cc4)(OCc4ccc(OC)cc4)C3=O)ccc2Cl)cc1. The van der Waals surface area contributed by atoms with Crippen LogP contribution in [0, 0.1) is 0 Å². The van der Waals surface area contributed by atoms with E-state index in [1.165, 1.54) is 0 Å². The molecule has 1 aliphatic carbocycles. The molecule has 2 unspecified atom stereocenters. The summed E-state index contributed by atoms with van der Waals surface area (Å²) < 4.78 is 29.0. The van der Waals surface area contributed by atoms with Crippen LogP contribution in [0.3, 0.4) is 0 Å². The normalized spacial score (nSPS) is 18.0. The molecule has 236 valence electrons. The summed E-state index contributed by atoms with van der Waals surface area (Å²) in [4.78, 5) is 14.5. The Morgan fingerprint density at radius 3 is 2.00 bits per heavy atom. The van der Waals surface area contributed by atoms with Gasteiger partial charge in [0.05, 0.1) is 40.6 Å². The second-order valence-electron chi connectivity index (χ2n) is 11.4. The number of ketones is 1. The number of ether oxygens (including phenoxy) is 5. The van der Waals surface area contributed by atoms with Crippen molar-refractivity contribution in [2.75, 3.05) is 27.4 Å². The Hall–Kier alpha value is -3.84. The molecule has 0 spiro atoms. The minimum absolute atomic E-state index is 0.0475. The molecule has 1 aliphatic rings. The van der Waals surface area contributed by atoms with Gasteiger partial charge in [0.1, 0.15) is 17.2 Å². The zero-order valence-corrected chi connectivity index (χ0v) is 27.0. The highest BCUT2D eigenvalue weighted by Crippen LogP contribution is 2.40. The number of benzene rings is 4. The highest BCUT2D eigenvalue weighted by atomic mass is 35.5. The molecule has 0 amide bonds. The monoisotopic (exact) mass is 628 g/mol. The summed E-state index contributed by atoms with van der Waals surface area (Å²) in [5.41, 5.74) is 3.94. The molecule has 0 N–H and O–H groups in total. The van der Waals surface area contributed by atoms with E-state index in [1.807, 2.05) is 79.7 Å². The summed E-state index contributed by atoms with van der Waals surface area (Å²) in [5.74, 6) is 2.12. The lowest BCUT2D eigenvalue weighted by Crippen LogP contribution is -2.50. The Balaban J connectivity index is 1.36. The van der Waals surface area contributed by atoms with Gasteiger partial charge >= 0.3 is 0 Å². The van der Waals surface area contributed by atoms with E-state index in [2.05, 4.69) is 18.2 Å². The number of halogens is 1. The van der Waals surface area contributed by atoms with Gasteiger partial charge in [-0.2, -0.15) is 0 Å². The first-order chi connectivity index (χ1) is 21.9. The predicted molar refractivity (Wildman–Crippen MR) is 177 cm³/mol. The Morgan fingerprint density at radius 2 is 1.38 bits per heavy atom. The minimum Gasteiger partial charge on any atom is -0.497 e. The average molecular weight is 629 g/mol. The number of methoxy groups -OCH3 is 2. The first-order valence-electron chi connectivity index (χ1n) is 15.4. The highest BCUT2D eigenvalue weighted by Gasteiger charge is 2.46. The van der Waals surface area contributed by atoms with Gasteiger partial charge in [-0.15, -0.1) is 0 Å². The molecule has 0 aromatic heterocycles. The van der Waals surface area contributed by atoms with Gasteiger partial charge < -0.3 is 23.7 Å². The molecule has 0 saturated heterocycles. The van der Waals surface area contributed by atoms with E-state index in [9.17, 15) is 4.79 Å². The van der Waals surface area contributed by atoms with Gasteiger partial charge in [-0.05, 0) is 103 Å². The molecule has 4 aromatic carbocycles. The average Bonchev–Trinajstić information content (AvgIpc) is 3.07. The largest absolute Gasteiger partial charge is 0.497 e. The number of hydrogen-bond acceptors (Lipinski definition) is 6. The predicted octanol–water partition coefficient (Wildman–Crippen LogP) is 8.36. The van der Waals surface area contributed by atoms with Gasteiger partial charge in [-0.25, -0.2) is 0 Å². The molecule has 0 radical (unpaired) electrons. The third kappa shape index (κ3) is 8.26. The van der Waals surface area contributed by atoms with Crippen LogP contribution >= 0.6 is 11.6 Å². The van der Waals surface area contributed by atoms with Crippen LogP contribution in [0.25, 0.3) is 0 Å². The zero-order chi connectivity index (χ0) is 31.6. The van der Waals surface area contributed by atoms with E-state index < -0.39 is 5.60 Å². The number of rotatable bonds is 14. The van der Waals surface area contributed by atoms with Crippen LogP contribution in [0.15, 0.2) is 91.0 Å². The maximum atomic E-state index is 14.5. The van der Waals surface area contributed by atoms with Gasteiger partial charge in [-0.3, -0.25) is 4.79 Å². The van der Waals surface area contributed by atoms with Crippen LogP contribution < -0.4 is 14.2 Å². The summed E-state index contributed by atoms with van der Waals surface area (Å²) in [6.07, 6.45) is 2.83. The Bertz CT molecular complexity index is 1530. The highest BCUT2D eigenvalue weighted by molar-refractivity contribution is 6.31. The van der Waals surface area contributed by atoms with Crippen molar-refractivity contribution in [2.24, 2.45) is 0 Å². The van der Waals surface area contributed by atoms with Crippen molar-refractivity contribution in [3.63, 3.8) is 0 Å². The van der Waals surface area contributed by atoms with Gasteiger partial charge in [0.15, 0.2) is 11.4 Å². The fourth-order valence-corrected chi connectivity index (χ4v) is 6.03. The second kappa shape index (κ2) is 15.4. The van der Waals surface area contributed by atoms with Crippen LogP contribution in [0.5, 0.6) is 17.2 Å². The first-order valence-corrected chi connectivity index (χ1v) is 15.8. The lowest BCUT2D eigenvalue weighted by Gasteiger charge is -2.39. The lowest BCUT2D eigenvalue weighted by molar-refractivity contribution is -0.165. The fraction of sp³-hybridized carbons (Fsp3) is 0.342. The zero-order valence-electron chi connectivity index (χ0n) is 26.2. The summed E-state index contributed by atoms with van der Waals surface area (Å²) >= 11 is 6.67. The molecule has 1 fully saturated rings. The molecular weight excluding hydrogens is 588 g/mol. The molecule has 6 nitrogen and oxygen atoms in total. The third-order valence-electron chi connectivity index (χ3n) is 8.38. The number of Topliss-reactive ketones (excluding diaryl/α,β-unsaturated/α-hetero) is 1. The summed E-state index contributed by atoms with van der Waals surface area (Å²) in [6, 6.07) is 29.5. The maximum Gasteiger partial charge on any atom is 0.174 e. The molecular formula is C38H41ClO6. The van der Waals surface area contributed by atoms with Crippen molar-refractivity contribution in [1.29, 1.82) is 0 Å². The quantitative estimate of drug-likeness (QED) is 0.140. The molecule has 45 heavy (non-hydrogen) atoms. The smallest absolute Gasteiger partial charge is 0.174 e. The van der Waals surface area contributed by atoms with Crippen LogP contribution in [0.1, 0.15) is 59.9 Å². The van der Waals surface area contributed by atoms with Crippen LogP contribution in [-0.2, 0) is 33.9 Å². The van der Waals surface area contributed by atoms with Crippen LogP contribution in [-0.4, -0.2) is 38.8 Å². The van der Waals surface area contributed by atoms with Crippen molar-refractivity contribution in [3.8, 4) is 17.2 Å². The van der Waals surface area contributed by atoms with E-state index >= 15 is 0 Å². The Labute approximate surface area is 271 Å². The second-order valence-corrected chi connectivity index (χ2v) is 11.8. The standard InChI is InChI=1S/C38H41ClO6/c1-4-44-34-18-7-27(8-19-34)22-31-23-30(13-20-36(31)39)35-6-5-21-38(37(35)40,45-25-29-11-16-33(42-3)17-12-29)26-43-24-28-9-14-32(41-2)15-10-28/h7-20,23,35H,4-6,21-22,24-26H2,1-3H3. The lowest BCUT2D eigenvalue weighted by atomic mass is 9.73. The first kappa shape index (κ1) is 32.6. The molecule has 4 aromatic rings. The van der Waals surface area contributed by atoms with Gasteiger partial charge in [0.25, 0.3) is 0 Å². The van der Waals surface area contributed by atoms with Gasteiger partial charge in [0, 0.05) is 10.9 Å². The van der Waals surface area contributed by atoms with Gasteiger partial charge in [0.2, 0.25) is 0 Å². The Kier molecular flexibility index (Phi) is 11.2. The molecule has 0 aliphatic heterocycles. The fourth-order valence-electron chi connectivity index (χ4n) is 5.85. The summed E-state index contributed by atoms with van der Waals surface area (Å²) in [7, 11) is 3.28. The van der Waals surface area contributed by atoms with Crippen LogP contribution in [0.2, 0.25) is 5.02 Å². The van der Waals surface area contributed by atoms with Crippen molar-refractivity contribution in [2.45, 2.75) is 57.3 Å². The molecule has 7 heteroatoms. The van der Waals surface area contributed by atoms with Crippen molar-refractivity contribution in [3.05, 3.63) is 124 Å². The van der Waals surface area contributed by atoms with Gasteiger partial charge in [-0.1, -0.05) is 60.1 Å². The van der Waals surface area contributed by atoms with E-state index in [0.29, 0.717) is 31.1 Å². The van der Waals surface area contributed by atoms with E-state index in [0.717, 1.165) is 57.9 Å². The van der Waals surface area contributed by atoms with Crippen molar-refractivity contribution in [1.82, 2.24) is 0 Å².